The van der Waals surface area contributed by atoms with Gasteiger partial charge in [0.2, 0.25) is 5.79 Å². The van der Waals surface area contributed by atoms with Gasteiger partial charge in [0.1, 0.15) is 9.75 Å². The first-order valence-electron chi connectivity index (χ1n) is 5.73. The number of alkyl halides is 4. The summed E-state index contributed by atoms with van der Waals surface area (Å²) in [4.78, 5) is -3.07. The van der Waals surface area contributed by atoms with Crippen LogP contribution in [0.5, 0.6) is 0 Å². The molecular weight excluding hydrogens is 322 g/mol. The highest BCUT2D eigenvalue weighted by atomic mass is 35.5. The van der Waals surface area contributed by atoms with E-state index in [9.17, 15) is 0 Å². The van der Waals surface area contributed by atoms with Crippen molar-refractivity contribution in [3.05, 3.63) is 0 Å². The minimum absolute atomic E-state index is 0.0981. The number of methoxy groups -OCH3 is 2. The number of hydrogen-bond donors (Lipinski definition) is 0. The smallest absolute Gasteiger partial charge is 0.213 e. The quantitative estimate of drug-likeness (QED) is 0.574. The van der Waals surface area contributed by atoms with Crippen LogP contribution < -0.4 is 0 Å². The topological polar surface area (TPSA) is 27.7 Å². The first kappa shape index (κ1) is 12.8. The molecule has 6 unspecified atom stereocenters. The summed E-state index contributed by atoms with van der Waals surface area (Å²) in [6.45, 7) is 1.91. The summed E-state index contributed by atoms with van der Waals surface area (Å²) in [6.07, 6.45) is 0.564. The van der Waals surface area contributed by atoms with Gasteiger partial charge >= 0.3 is 0 Å². The Morgan fingerprint density at radius 2 is 1.67 bits per heavy atom. The molecule has 5 rings (SSSR count). The minimum Gasteiger partial charge on any atom is -0.350 e. The Labute approximate surface area is 125 Å². The van der Waals surface area contributed by atoms with Crippen LogP contribution in [0.15, 0.2) is 0 Å². The molecule has 7 heteroatoms. The molecule has 6 atom stereocenters. The van der Waals surface area contributed by atoms with Crippen LogP contribution in [0.1, 0.15) is 13.3 Å². The highest BCUT2D eigenvalue weighted by molar-refractivity contribution is 6.51. The molecule has 1 saturated heterocycles. The van der Waals surface area contributed by atoms with Gasteiger partial charge in [0.15, 0.2) is 9.93 Å². The van der Waals surface area contributed by atoms with E-state index in [2.05, 4.69) is 0 Å². The van der Waals surface area contributed by atoms with Crippen LogP contribution in [-0.2, 0) is 14.2 Å². The summed E-state index contributed by atoms with van der Waals surface area (Å²) in [7, 11) is 3.02. The van der Waals surface area contributed by atoms with Crippen LogP contribution in [0.3, 0.4) is 0 Å². The third-order valence-corrected chi connectivity index (χ3v) is 9.08. The van der Waals surface area contributed by atoms with Crippen molar-refractivity contribution in [1.29, 1.82) is 0 Å². The average Bonchev–Trinajstić information content (AvgIpc) is 2.76. The van der Waals surface area contributed by atoms with Crippen molar-refractivity contribution in [3.8, 4) is 0 Å². The predicted molar refractivity (Wildman–Crippen MR) is 68.7 cm³/mol. The molecule has 5 aliphatic rings. The van der Waals surface area contributed by atoms with Crippen LogP contribution in [0.2, 0.25) is 0 Å². The Kier molecular flexibility index (Phi) is 1.91. The lowest BCUT2D eigenvalue weighted by Crippen LogP contribution is -2.74. The highest BCUT2D eigenvalue weighted by Gasteiger charge is 3.12. The van der Waals surface area contributed by atoms with Crippen molar-refractivity contribution in [1.82, 2.24) is 0 Å². The van der Waals surface area contributed by atoms with E-state index in [0.717, 1.165) is 0 Å². The van der Waals surface area contributed by atoms with Gasteiger partial charge in [-0.25, -0.2) is 0 Å². The van der Waals surface area contributed by atoms with Crippen molar-refractivity contribution in [2.24, 2.45) is 5.92 Å². The minimum atomic E-state index is -1.26. The van der Waals surface area contributed by atoms with Gasteiger partial charge in [-0.15, -0.1) is 34.8 Å². The van der Waals surface area contributed by atoms with Crippen molar-refractivity contribution in [3.63, 3.8) is 0 Å². The van der Waals surface area contributed by atoms with E-state index in [1.54, 1.807) is 0 Å². The van der Waals surface area contributed by atoms with Gasteiger partial charge in [-0.3, -0.25) is 0 Å². The standard InChI is InChI=1S/C11H12Cl4O3/c1-6-5-4-7(12)9(6,14)10(15,18-6)8(5,13)11(7,16-2)17-3/h5H,4H2,1-3H3. The van der Waals surface area contributed by atoms with Crippen LogP contribution in [-0.4, -0.2) is 45.3 Å². The van der Waals surface area contributed by atoms with Gasteiger partial charge in [-0.05, 0) is 13.3 Å². The van der Waals surface area contributed by atoms with E-state index in [1.807, 2.05) is 6.92 Å². The average molecular weight is 334 g/mol. The molecule has 6 bridgehead atoms. The third kappa shape index (κ3) is 0.621. The predicted octanol–water partition coefficient (Wildman–Crippen LogP) is 2.68. The Morgan fingerprint density at radius 1 is 1.11 bits per heavy atom. The zero-order valence-corrected chi connectivity index (χ0v) is 13.0. The van der Waals surface area contributed by atoms with Gasteiger partial charge < -0.3 is 14.2 Å². The van der Waals surface area contributed by atoms with Gasteiger partial charge in [0.05, 0.1) is 5.60 Å². The first-order valence-corrected chi connectivity index (χ1v) is 7.24. The van der Waals surface area contributed by atoms with E-state index < -0.39 is 31.1 Å². The van der Waals surface area contributed by atoms with Gasteiger partial charge in [0, 0.05) is 20.1 Å². The lowest BCUT2D eigenvalue weighted by Gasteiger charge is -2.57. The SMILES string of the molecule is COC1(OC)C2(Cl)CC3C4(C)OC(Cl)(C31Cl)C42Cl. The molecular formula is C11H12Cl4O3. The van der Waals surface area contributed by atoms with Crippen molar-refractivity contribution in [2.75, 3.05) is 14.2 Å². The van der Waals surface area contributed by atoms with Crippen molar-refractivity contribution < 1.29 is 14.2 Å². The highest BCUT2D eigenvalue weighted by Crippen LogP contribution is 2.95. The summed E-state index contributed by atoms with van der Waals surface area (Å²) in [5.74, 6) is -1.34. The molecule has 5 fully saturated rings. The zero-order chi connectivity index (χ0) is 13.4. The van der Waals surface area contributed by atoms with E-state index >= 15 is 0 Å². The second kappa shape index (κ2) is 2.70. The van der Waals surface area contributed by atoms with Gasteiger partial charge in [-0.2, -0.15) is 0 Å². The molecule has 0 aromatic rings. The Morgan fingerprint density at radius 3 is 2.00 bits per heavy atom. The Bertz CT molecular complexity index is 485. The number of rotatable bonds is 2. The molecule has 18 heavy (non-hydrogen) atoms. The molecule has 0 amide bonds. The molecule has 0 radical (unpaired) electrons. The third-order valence-electron chi connectivity index (χ3n) is 5.70. The number of halogens is 4. The summed E-state index contributed by atoms with van der Waals surface area (Å²) in [5.41, 5.74) is -0.625. The first-order chi connectivity index (χ1) is 8.17. The molecule has 4 saturated carbocycles. The summed E-state index contributed by atoms with van der Waals surface area (Å²) >= 11 is 27.1. The van der Waals surface area contributed by atoms with E-state index in [0.29, 0.717) is 6.42 Å². The maximum Gasteiger partial charge on any atom is 0.213 e. The van der Waals surface area contributed by atoms with E-state index in [4.69, 9.17) is 60.6 Å². The van der Waals surface area contributed by atoms with Crippen LogP contribution >= 0.6 is 46.4 Å². The normalized spacial score (nSPS) is 69.8. The Balaban J connectivity index is 2.09. The largest absolute Gasteiger partial charge is 0.350 e. The van der Waals surface area contributed by atoms with Crippen LogP contribution in [0, 0.1) is 5.92 Å². The fraction of sp³-hybridized carbons (Fsp3) is 1.00. The molecule has 4 aliphatic carbocycles. The van der Waals surface area contributed by atoms with Crippen molar-refractivity contribution >= 4 is 46.4 Å². The maximum absolute atomic E-state index is 6.84. The molecule has 1 heterocycles. The zero-order valence-electron chi connectivity index (χ0n) is 10.0. The van der Waals surface area contributed by atoms with Gasteiger partial charge in [-0.1, -0.05) is 11.6 Å². The van der Waals surface area contributed by atoms with E-state index in [1.165, 1.54) is 14.2 Å². The van der Waals surface area contributed by atoms with E-state index in [-0.39, 0.29) is 5.92 Å². The molecule has 3 nitrogen and oxygen atoms in total. The van der Waals surface area contributed by atoms with Crippen LogP contribution in [0.25, 0.3) is 0 Å². The molecule has 0 N–H and O–H groups in total. The maximum atomic E-state index is 6.84. The molecule has 0 aromatic heterocycles. The Hall–Kier alpha value is 1.04. The second-order valence-electron chi connectivity index (χ2n) is 5.76. The molecule has 102 valence electrons. The lowest BCUT2D eigenvalue weighted by atomic mass is 9.79. The fourth-order valence-electron chi connectivity index (χ4n) is 5.15. The van der Waals surface area contributed by atoms with Crippen LogP contribution in [0.4, 0.5) is 0 Å². The number of ether oxygens (including phenoxy) is 3. The summed E-state index contributed by atoms with van der Waals surface area (Å²) < 4.78 is 17.0. The fourth-order valence-corrected chi connectivity index (χ4v) is 8.17. The summed E-state index contributed by atoms with van der Waals surface area (Å²) in [6, 6.07) is 0. The molecule has 0 spiro atoms. The molecule has 0 aromatic carbocycles. The monoisotopic (exact) mass is 332 g/mol. The summed E-state index contributed by atoms with van der Waals surface area (Å²) in [5, 5.41) is -1.26. The molecule has 1 aliphatic heterocycles. The van der Waals surface area contributed by atoms with Gasteiger partial charge in [0.25, 0.3) is 0 Å². The second-order valence-corrected chi connectivity index (χ2v) is 8.10. The number of hydrogen-bond acceptors (Lipinski definition) is 3. The van der Waals surface area contributed by atoms with Crippen molar-refractivity contribution in [2.45, 2.75) is 44.4 Å². The lowest BCUT2D eigenvalue weighted by molar-refractivity contribution is -0.233.